The van der Waals surface area contributed by atoms with Gasteiger partial charge in [-0.25, -0.2) is 4.79 Å². The zero-order valence-electron chi connectivity index (χ0n) is 51.1. The maximum Gasteiger partial charge on any atom is 0.319 e. The minimum atomic E-state index is -0.365. The van der Waals surface area contributed by atoms with E-state index >= 15 is 0 Å². The molecule has 2 saturated heterocycles. The average molecular weight is 1150 g/mol. The number of ketones is 2. The summed E-state index contributed by atoms with van der Waals surface area (Å²) in [5.74, 6) is -0.406. The first kappa shape index (κ1) is 65.8. The minimum absolute atomic E-state index is 0.000880. The lowest BCUT2D eigenvalue weighted by molar-refractivity contribution is -0.138. The van der Waals surface area contributed by atoms with E-state index in [1.165, 1.54) is 81.6 Å². The summed E-state index contributed by atoms with van der Waals surface area (Å²) in [6.45, 7) is 27.5. The van der Waals surface area contributed by atoms with Gasteiger partial charge in [0, 0.05) is 79.0 Å². The molecule has 4 saturated carbocycles. The van der Waals surface area contributed by atoms with Crippen LogP contribution in [0.25, 0.3) is 0 Å². The third kappa shape index (κ3) is 17.4. The molecule has 8 N–H and O–H groups in total. The number of phenolic OH excluding ortho intramolecular Hbond substituents is 4. The molecule has 10 atom stereocenters. The molecular formula is C67H96N6O10. The van der Waals surface area contributed by atoms with Gasteiger partial charge in [0.15, 0.2) is 11.6 Å². The Morgan fingerprint density at radius 3 is 1.59 bits per heavy atom. The number of hydrogen-bond donors (Lipinski definition) is 7. The zero-order valence-corrected chi connectivity index (χ0v) is 51.1. The topological polar surface area (TPSA) is 247 Å². The van der Waals surface area contributed by atoms with E-state index in [9.17, 15) is 39.6 Å². The number of Topliss-reactive ketones (excluding diaryl/α,β-unsaturated/α-hetero) is 2. The van der Waals surface area contributed by atoms with Crippen LogP contribution in [0.2, 0.25) is 0 Å². The molecule has 6 fully saturated rings. The molecule has 83 heavy (non-hydrogen) atoms. The van der Waals surface area contributed by atoms with Crippen molar-refractivity contribution < 1.29 is 49.1 Å². The summed E-state index contributed by atoms with van der Waals surface area (Å²) >= 11 is 0. The number of benzene rings is 2. The molecule has 10 rings (SSSR count). The lowest BCUT2D eigenvalue weighted by Gasteiger charge is -2.60. The summed E-state index contributed by atoms with van der Waals surface area (Å²) in [5.41, 5.74) is 8.45. The van der Waals surface area contributed by atoms with Gasteiger partial charge in [0.2, 0.25) is 0 Å². The van der Waals surface area contributed by atoms with Gasteiger partial charge in [-0.15, -0.1) is 0 Å². The number of anilines is 1. The van der Waals surface area contributed by atoms with Crippen molar-refractivity contribution in [1.29, 1.82) is 0 Å². The lowest BCUT2D eigenvalue weighted by atomic mass is 9.45. The highest BCUT2D eigenvalue weighted by Gasteiger charge is 2.60. The van der Waals surface area contributed by atoms with E-state index in [-0.39, 0.29) is 116 Å². The molecule has 0 radical (unpaired) electrons. The van der Waals surface area contributed by atoms with Crippen LogP contribution in [0.3, 0.4) is 0 Å². The molecule has 2 aromatic carbocycles. The number of allylic oxidation sites excluding steroid dienone is 1. The number of nitrogens with zero attached hydrogens (tertiary/aromatic N) is 3. The second-order valence-corrected chi connectivity index (χ2v) is 26.3. The van der Waals surface area contributed by atoms with Gasteiger partial charge in [0.05, 0.1) is 24.1 Å². The Morgan fingerprint density at radius 1 is 0.687 bits per heavy atom. The average Bonchev–Trinajstić information content (AvgIpc) is 4.15. The van der Waals surface area contributed by atoms with Crippen LogP contribution in [0.5, 0.6) is 23.0 Å². The van der Waals surface area contributed by atoms with Crippen molar-refractivity contribution >= 4 is 29.3 Å². The maximum atomic E-state index is 13.9. The molecule has 0 spiro atoms. The number of hydrogen-bond acceptors (Lipinski definition) is 14. The number of urea groups is 1. The fraction of sp³-hybridized carbons (Fsp3) is 0.582. The standard InChI is InChI=1S/C27H35N3O4.C21H31NO3.C10H11NO2.C5H11N.C4H8O/c1-16-21(30-25(34)29-18-7-5-10-28-15-18)14-22-26(2,3)8-6-9-27(22,4)23(16)24(33)17-11-19(31)13-20(32)12-17;1-12-16(22)11-17-20(2,3)6-5-7-21(17,4)18(12)19(25)13-8-14(23)10-15(24)9-13;1-8(2)13-10(12)6-9-4-3-5-11-7-9;1-6-4-2-3-5-6;1-2-4-5-3-1/h5,7,10-13,15-16,21-23,31-32H,6,8-9,14H2,1-4H3,(H2,29,30,34);8-10,12,16-18,23-24H,5-7,11,22H2,1-4H3;3-5,7H,1,6H2,2H3;2-5H2,1H3;1-4H2/t16-,21-,22+,23-,27+;12-,16-,17+,18-,21+;;;/m11.../s1. The second kappa shape index (κ2) is 29.0. The highest BCUT2D eigenvalue weighted by Crippen LogP contribution is 2.63. The number of esters is 1. The summed E-state index contributed by atoms with van der Waals surface area (Å²) in [4.78, 5) is 61.7. The van der Waals surface area contributed by atoms with Gasteiger partial charge in [-0.05, 0) is 185 Å². The maximum absolute atomic E-state index is 13.9. The highest BCUT2D eigenvalue weighted by atomic mass is 16.5. The van der Waals surface area contributed by atoms with Crippen molar-refractivity contribution in [2.75, 3.05) is 38.7 Å². The largest absolute Gasteiger partial charge is 0.508 e. The Balaban J connectivity index is 0.000000195. The molecule has 2 aliphatic heterocycles. The number of amides is 2. The number of likely N-dealkylation sites (tertiary alicyclic amines) is 1. The predicted molar refractivity (Wildman–Crippen MR) is 325 cm³/mol. The molecule has 0 bridgehead atoms. The van der Waals surface area contributed by atoms with Gasteiger partial charge >= 0.3 is 12.0 Å². The molecule has 2 amide bonds. The molecule has 6 aliphatic rings. The van der Waals surface area contributed by atoms with Crippen LogP contribution in [0.1, 0.15) is 166 Å². The Hall–Kier alpha value is -6.36. The third-order valence-electron chi connectivity index (χ3n) is 19.0. The molecule has 2 aromatic heterocycles. The Labute approximate surface area is 493 Å². The van der Waals surface area contributed by atoms with E-state index in [4.69, 9.17) is 15.2 Å². The van der Waals surface area contributed by atoms with Gasteiger partial charge in [-0.2, -0.15) is 0 Å². The summed E-state index contributed by atoms with van der Waals surface area (Å²) in [7, 11) is 2.17. The van der Waals surface area contributed by atoms with E-state index in [0.29, 0.717) is 28.5 Å². The van der Waals surface area contributed by atoms with Crippen molar-refractivity contribution in [3.8, 4) is 23.0 Å². The zero-order chi connectivity index (χ0) is 60.9. The van der Waals surface area contributed by atoms with Crippen LogP contribution < -0.4 is 16.4 Å². The number of aromatic hydroxyl groups is 4. The van der Waals surface area contributed by atoms with E-state index < -0.39 is 0 Å². The lowest BCUT2D eigenvalue weighted by Crippen LogP contribution is -2.61. The van der Waals surface area contributed by atoms with Crippen molar-refractivity contribution in [3.05, 3.63) is 114 Å². The first-order valence-corrected chi connectivity index (χ1v) is 30.0. The van der Waals surface area contributed by atoms with Gasteiger partial charge < -0.3 is 51.2 Å². The molecule has 4 aliphatic carbocycles. The summed E-state index contributed by atoms with van der Waals surface area (Å²) in [6, 6.07) is 14.9. The van der Waals surface area contributed by atoms with E-state index in [1.807, 2.05) is 13.0 Å². The number of pyridine rings is 2. The summed E-state index contributed by atoms with van der Waals surface area (Å²) in [5, 5.41) is 45.6. The molecule has 0 unspecified atom stereocenters. The van der Waals surface area contributed by atoms with Crippen molar-refractivity contribution in [2.24, 2.45) is 62.9 Å². The van der Waals surface area contributed by atoms with Gasteiger partial charge in [0.25, 0.3) is 0 Å². The fourth-order valence-electron chi connectivity index (χ4n) is 15.0. The molecule has 16 nitrogen and oxygen atoms in total. The van der Waals surface area contributed by atoms with Gasteiger partial charge in [0.1, 0.15) is 23.0 Å². The van der Waals surface area contributed by atoms with Crippen molar-refractivity contribution in [1.82, 2.24) is 20.2 Å². The van der Waals surface area contributed by atoms with Crippen LogP contribution >= 0.6 is 0 Å². The Morgan fingerprint density at radius 2 is 1.17 bits per heavy atom. The predicted octanol–water partition coefficient (Wildman–Crippen LogP) is 12.7. The fourth-order valence-corrected chi connectivity index (χ4v) is 15.0. The first-order chi connectivity index (χ1) is 39.1. The molecule has 16 heteroatoms. The van der Waals surface area contributed by atoms with Crippen molar-refractivity contribution in [3.63, 3.8) is 0 Å². The number of carbonyl (C=O) groups excluding carboxylic acids is 4. The smallest absolute Gasteiger partial charge is 0.319 e. The van der Waals surface area contributed by atoms with Crippen LogP contribution in [-0.4, -0.2) is 104 Å². The number of nitrogens with one attached hydrogen (secondary N) is 2. The SMILES string of the molecule is C1CCOC1.C=C(C)OC(=O)Cc1cccnc1.CN1CCCC1.C[C@@H]1[C@H](N)C[C@H]2C(C)(C)CCC[C@]2(C)[C@H]1C(=O)c1cc(O)cc(O)c1.C[C@@H]1[C@H](NC(=O)Nc2cccnc2)C[C@H]2C(C)(C)CCC[C@]2(C)[C@H]1C(=O)c1cc(O)cc(O)c1. The quantitative estimate of drug-likeness (QED) is 0.0468. The Kier molecular flexibility index (Phi) is 23.0. The third-order valence-corrected chi connectivity index (χ3v) is 19.0. The van der Waals surface area contributed by atoms with E-state index in [0.717, 1.165) is 63.7 Å². The minimum Gasteiger partial charge on any atom is -0.508 e. The number of carbonyl (C=O) groups is 4. The summed E-state index contributed by atoms with van der Waals surface area (Å²) < 4.78 is 9.74. The summed E-state index contributed by atoms with van der Waals surface area (Å²) in [6.07, 6.45) is 20.3. The number of nitrogens with two attached hydrogens (primary N) is 1. The number of aromatic nitrogens is 2. The molecular weight excluding hydrogens is 1050 g/mol. The molecule has 4 aromatic rings. The molecule has 4 heterocycles. The number of rotatable bonds is 9. The first-order valence-electron chi connectivity index (χ1n) is 30.0. The van der Waals surface area contributed by atoms with Crippen LogP contribution in [0, 0.1) is 57.2 Å². The van der Waals surface area contributed by atoms with E-state index in [1.54, 1.807) is 49.9 Å². The Bertz CT molecular complexity index is 2750. The van der Waals surface area contributed by atoms with Crippen molar-refractivity contribution in [2.45, 2.75) is 158 Å². The van der Waals surface area contributed by atoms with Gasteiger partial charge in [-0.1, -0.05) is 80.9 Å². The highest BCUT2D eigenvalue weighted by molar-refractivity contribution is 6.00. The number of phenols is 4. The number of fused-ring (bicyclic) bond motifs is 2. The van der Waals surface area contributed by atoms with Crippen LogP contribution in [0.15, 0.2) is 97.8 Å². The van der Waals surface area contributed by atoms with Crippen LogP contribution in [0.4, 0.5) is 10.5 Å². The normalized spacial score (nSPS) is 28.3. The van der Waals surface area contributed by atoms with Crippen LogP contribution in [-0.2, 0) is 20.7 Å². The monoisotopic (exact) mass is 1140 g/mol. The molecule has 454 valence electrons. The van der Waals surface area contributed by atoms with E-state index in [2.05, 4.69) is 87.6 Å². The van der Waals surface area contributed by atoms with Gasteiger partial charge in [-0.3, -0.25) is 24.4 Å². The second-order valence-electron chi connectivity index (χ2n) is 26.3. The number of ether oxygens (including phenoxy) is 2.